The zero-order valence-electron chi connectivity index (χ0n) is 13.1. The molecule has 1 fully saturated rings. The van der Waals surface area contributed by atoms with E-state index in [-0.39, 0.29) is 5.78 Å². The number of nitrogens with zero attached hydrogens (tertiary/aromatic N) is 1. The highest BCUT2D eigenvalue weighted by molar-refractivity contribution is 5.98. The Balaban J connectivity index is 1.73. The van der Waals surface area contributed by atoms with Crippen molar-refractivity contribution in [2.24, 2.45) is 0 Å². The van der Waals surface area contributed by atoms with Crippen LogP contribution in [0.5, 0.6) is 5.75 Å². The van der Waals surface area contributed by atoms with Crippen molar-refractivity contribution < 1.29 is 14.3 Å². The summed E-state index contributed by atoms with van der Waals surface area (Å²) in [7, 11) is 0. The molecule has 0 spiro atoms. The number of Topliss-reactive ketones (excluding diaryl/α,β-unsaturated/α-hetero) is 1. The van der Waals surface area contributed by atoms with Crippen LogP contribution < -0.4 is 15.8 Å². The molecule has 6 heteroatoms. The molecule has 22 heavy (non-hydrogen) atoms. The third kappa shape index (κ3) is 4.98. The summed E-state index contributed by atoms with van der Waals surface area (Å²) in [6.07, 6.45) is 0. The molecular formula is C16H25N3O3. The minimum absolute atomic E-state index is 0.0386. The number of carbonyl (C=O) groups excluding carboxylic acids is 1. The van der Waals surface area contributed by atoms with Gasteiger partial charge in [-0.05, 0) is 25.1 Å². The molecule has 0 saturated carbocycles. The zero-order valence-corrected chi connectivity index (χ0v) is 13.1. The third-order valence-corrected chi connectivity index (χ3v) is 3.63. The van der Waals surface area contributed by atoms with E-state index in [9.17, 15) is 4.79 Å². The van der Waals surface area contributed by atoms with Crippen molar-refractivity contribution in [3.05, 3.63) is 23.8 Å². The van der Waals surface area contributed by atoms with Gasteiger partial charge in [0.25, 0.3) is 0 Å². The fourth-order valence-electron chi connectivity index (χ4n) is 2.37. The van der Waals surface area contributed by atoms with Crippen molar-refractivity contribution in [1.29, 1.82) is 0 Å². The Morgan fingerprint density at radius 2 is 2.18 bits per heavy atom. The van der Waals surface area contributed by atoms with Crippen molar-refractivity contribution in [2.45, 2.75) is 6.92 Å². The third-order valence-electron chi connectivity index (χ3n) is 3.63. The van der Waals surface area contributed by atoms with Crippen LogP contribution in [0.4, 0.5) is 5.69 Å². The molecule has 2 rings (SSSR count). The molecule has 0 atom stereocenters. The van der Waals surface area contributed by atoms with Crippen LogP contribution in [0.1, 0.15) is 17.3 Å². The quantitative estimate of drug-likeness (QED) is 0.420. The van der Waals surface area contributed by atoms with Crippen LogP contribution >= 0.6 is 0 Å². The van der Waals surface area contributed by atoms with E-state index in [4.69, 9.17) is 15.2 Å². The second kappa shape index (κ2) is 8.73. The maximum absolute atomic E-state index is 12.1. The summed E-state index contributed by atoms with van der Waals surface area (Å²) in [5.41, 5.74) is 6.99. The van der Waals surface area contributed by atoms with E-state index in [1.807, 2.05) is 6.92 Å². The standard InChI is InChI=1S/C16H25N3O3/c1-2-22-16-4-3-13(11-14(16)17)15(20)12-18-5-6-19-7-9-21-10-8-19/h3-4,11,18H,2,5-10,12,17H2,1H3. The first-order chi connectivity index (χ1) is 10.7. The number of hydrogen-bond donors (Lipinski definition) is 2. The van der Waals surface area contributed by atoms with Gasteiger partial charge in [0.1, 0.15) is 5.75 Å². The SMILES string of the molecule is CCOc1ccc(C(=O)CNCCN2CCOCC2)cc1N. The summed E-state index contributed by atoms with van der Waals surface area (Å²) in [6.45, 7) is 8.01. The zero-order chi connectivity index (χ0) is 15.8. The lowest BCUT2D eigenvalue weighted by Crippen LogP contribution is -2.41. The molecule has 6 nitrogen and oxygen atoms in total. The van der Waals surface area contributed by atoms with Gasteiger partial charge < -0.3 is 20.5 Å². The molecule has 122 valence electrons. The maximum Gasteiger partial charge on any atom is 0.176 e. The van der Waals surface area contributed by atoms with E-state index in [0.717, 1.165) is 39.4 Å². The molecule has 0 radical (unpaired) electrons. The van der Waals surface area contributed by atoms with Crippen LogP contribution in [0.2, 0.25) is 0 Å². The number of nitrogens with one attached hydrogen (secondary N) is 1. The minimum Gasteiger partial charge on any atom is -0.492 e. The molecule has 0 bridgehead atoms. The minimum atomic E-state index is 0.0386. The van der Waals surface area contributed by atoms with Crippen molar-refractivity contribution >= 4 is 11.5 Å². The number of nitrogen functional groups attached to an aromatic ring is 1. The predicted octanol–water partition coefficient (Wildman–Crippen LogP) is 0.772. The average molecular weight is 307 g/mol. The molecule has 0 aliphatic carbocycles. The van der Waals surface area contributed by atoms with Gasteiger partial charge in [-0.25, -0.2) is 0 Å². The second-order valence-electron chi connectivity index (χ2n) is 5.24. The van der Waals surface area contributed by atoms with Gasteiger partial charge in [-0.2, -0.15) is 0 Å². The molecule has 3 N–H and O–H groups in total. The number of ketones is 1. The number of carbonyl (C=O) groups is 1. The fourth-order valence-corrected chi connectivity index (χ4v) is 2.37. The van der Waals surface area contributed by atoms with E-state index in [1.165, 1.54) is 0 Å². The summed E-state index contributed by atoms with van der Waals surface area (Å²) < 4.78 is 10.7. The second-order valence-corrected chi connectivity index (χ2v) is 5.24. The van der Waals surface area contributed by atoms with Gasteiger partial charge in [-0.1, -0.05) is 0 Å². The fraction of sp³-hybridized carbons (Fsp3) is 0.562. The number of anilines is 1. The summed E-state index contributed by atoms with van der Waals surface area (Å²) in [4.78, 5) is 14.5. The van der Waals surface area contributed by atoms with Gasteiger partial charge in [-0.15, -0.1) is 0 Å². The van der Waals surface area contributed by atoms with Gasteiger partial charge in [0.15, 0.2) is 5.78 Å². The number of benzene rings is 1. The number of rotatable bonds is 8. The lowest BCUT2D eigenvalue weighted by Gasteiger charge is -2.26. The number of hydrogen-bond acceptors (Lipinski definition) is 6. The van der Waals surface area contributed by atoms with Crippen LogP contribution in [-0.4, -0.2) is 63.2 Å². The Hall–Kier alpha value is -1.63. The largest absolute Gasteiger partial charge is 0.492 e. The number of nitrogens with two attached hydrogens (primary N) is 1. The van der Waals surface area contributed by atoms with Crippen molar-refractivity contribution in [3.63, 3.8) is 0 Å². The van der Waals surface area contributed by atoms with Gasteiger partial charge in [0.05, 0.1) is 32.1 Å². The Bertz CT molecular complexity index is 488. The first kappa shape index (κ1) is 16.7. The summed E-state index contributed by atoms with van der Waals surface area (Å²) in [5.74, 6) is 0.663. The summed E-state index contributed by atoms with van der Waals surface area (Å²) in [5, 5.41) is 3.19. The van der Waals surface area contributed by atoms with E-state index in [1.54, 1.807) is 18.2 Å². The molecule has 1 aromatic carbocycles. The molecule has 0 amide bonds. The van der Waals surface area contributed by atoms with Crippen molar-refractivity contribution in [1.82, 2.24) is 10.2 Å². The highest BCUT2D eigenvalue weighted by Crippen LogP contribution is 2.22. The number of morpholine rings is 1. The smallest absolute Gasteiger partial charge is 0.176 e. The highest BCUT2D eigenvalue weighted by atomic mass is 16.5. The topological polar surface area (TPSA) is 76.8 Å². The molecular weight excluding hydrogens is 282 g/mol. The Kier molecular flexibility index (Phi) is 6.64. The first-order valence-electron chi connectivity index (χ1n) is 7.77. The Morgan fingerprint density at radius 3 is 2.86 bits per heavy atom. The van der Waals surface area contributed by atoms with E-state index in [0.29, 0.717) is 30.2 Å². The van der Waals surface area contributed by atoms with Crippen molar-refractivity contribution in [3.8, 4) is 5.75 Å². The molecule has 1 saturated heterocycles. The lowest BCUT2D eigenvalue weighted by atomic mass is 10.1. The van der Waals surface area contributed by atoms with Gasteiger partial charge in [-0.3, -0.25) is 9.69 Å². The Labute approximate surface area is 131 Å². The van der Waals surface area contributed by atoms with Crippen molar-refractivity contribution in [2.75, 3.05) is 58.3 Å². The van der Waals surface area contributed by atoms with E-state index >= 15 is 0 Å². The van der Waals surface area contributed by atoms with Crippen LogP contribution in [0.3, 0.4) is 0 Å². The van der Waals surface area contributed by atoms with E-state index < -0.39 is 0 Å². The monoisotopic (exact) mass is 307 g/mol. The predicted molar refractivity (Wildman–Crippen MR) is 86.5 cm³/mol. The normalized spacial score (nSPS) is 15.7. The van der Waals surface area contributed by atoms with Crippen LogP contribution in [0, 0.1) is 0 Å². The average Bonchev–Trinajstić information content (AvgIpc) is 2.54. The van der Waals surface area contributed by atoms with Gasteiger partial charge >= 0.3 is 0 Å². The number of ether oxygens (including phenoxy) is 2. The van der Waals surface area contributed by atoms with Crippen LogP contribution in [-0.2, 0) is 4.74 Å². The van der Waals surface area contributed by atoms with Crippen LogP contribution in [0.25, 0.3) is 0 Å². The molecule has 0 unspecified atom stereocenters. The highest BCUT2D eigenvalue weighted by Gasteiger charge is 2.11. The molecule has 1 heterocycles. The van der Waals surface area contributed by atoms with E-state index in [2.05, 4.69) is 10.2 Å². The first-order valence-corrected chi connectivity index (χ1v) is 7.77. The summed E-state index contributed by atoms with van der Waals surface area (Å²) >= 11 is 0. The van der Waals surface area contributed by atoms with Gasteiger partial charge in [0, 0.05) is 31.7 Å². The molecule has 1 aromatic rings. The summed E-state index contributed by atoms with van der Waals surface area (Å²) in [6, 6.07) is 5.18. The van der Waals surface area contributed by atoms with Gasteiger partial charge in [0.2, 0.25) is 0 Å². The maximum atomic E-state index is 12.1. The Morgan fingerprint density at radius 1 is 1.41 bits per heavy atom. The van der Waals surface area contributed by atoms with Crippen LogP contribution in [0.15, 0.2) is 18.2 Å². The molecule has 1 aliphatic heterocycles. The molecule has 1 aliphatic rings. The molecule has 0 aromatic heterocycles. The lowest BCUT2D eigenvalue weighted by molar-refractivity contribution is 0.0384.